The van der Waals surface area contributed by atoms with Crippen molar-refractivity contribution in [2.75, 3.05) is 9.80 Å². The Balaban J connectivity index is 0.864. The molecule has 0 unspecified atom stereocenters. The Hall–Kier alpha value is -14.6. The Labute approximate surface area is 766 Å². The van der Waals surface area contributed by atoms with Crippen molar-refractivity contribution in [2.24, 2.45) is 0 Å². The summed E-state index contributed by atoms with van der Waals surface area (Å²) in [6, 6.07) is 159. The van der Waals surface area contributed by atoms with Crippen molar-refractivity contribution < 1.29 is 0 Å². The molecule has 2 aliphatic carbocycles. The second-order valence-electron chi connectivity index (χ2n) is 40.6. The molecule has 3 heterocycles. The average Bonchev–Trinajstić information content (AvgIpc) is 1.69. The molecule has 4 heteroatoms. The summed E-state index contributed by atoms with van der Waals surface area (Å²) in [4.78, 5) is 5.42. The average molecular weight is 1670 g/mol. The van der Waals surface area contributed by atoms with E-state index >= 15 is 0 Å². The van der Waals surface area contributed by atoms with Crippen molar-refractivity contribution in [3.05, 3.63) is 479 Å². The van der Waals surface area contributed by atoms with Crippen LogP contribution in [0.4, 0.5) is 34.1 Å². The third-order valence-electron chi connectivity index (χ3n) is 28.9. The van der Waals surface area contributed by atoms with Crippen LogP contribution in [0.2, 0.25) is 0 Å². The molecule has 0 saturated carbocycles. The number of rotatable bonds is 12. The van der Waals surface area contributed by atoms with Crippen molar-refractivity contribution in [1.29, 1.82) is 0 Å². The maximum atomic E-state index is 2.71. The van der Waals surface area contributed by atoms with Crippen molar-refractivity contribution >= 4 is 79.0 Å². The third-order valence-corrected chi connectivity index (χ3v) is 28.9. The van der Waals surface area contributed by atoms with E-state index in [9.17, 15) is 0 Å². The molecule has 0 bridgehead atoms. The summed E-state index contributed by atoms with van der Waals surface area (Å²) < 4.78 is 2.44. The molecule has 2 aliphatic heterocycles. The molecule has 0 spiro atoms. The number of hydrogen-bond acceptors (Lipinski definition) is 2. The third kappa shape index (κ3) is 12.4. The van der Waals surface area contributed by atoms with Gasteiger partial charge in [-0.25, -0.2) is 0 Å². The lowest BCUT2D eigenvalue weighted by molar-refractivity contribution is 0.568. The van der Waals surface area contributed by atoms with Gasteiger partial charge in [-0.3, -0.25) is 0 Å². The molecule has 23 rings (SSSR count). The topological polar surface area (TPSA) is 11.4 Å². The van der Waals surface area contributed by atoms with E-state index in [4.69, 9.17) is 0 Å². The number of anilines is 6. The van der Waals surface area contributed by atoms with Gasteiger partial charge in [-0.15, -0.1) is 0 Å². The Morgan fingerprint density at radius 2 is 0.554 bits per heavy atom. The van der Waals surface area contributed by atoms with Gasteiger partial charge in [0.05, 0.1) is 33.2 Å². The molecule has 0 amide bonds. The quantitative estimate of drug-likeness (QED) is 0.113. The first-order valence-corrected chi connectivity index (χ1v) is 46.4. The normalized spacial score (nSPS) is 13.9. The first kappa shape index (κ1) is 80.0. The Morgan fingerprint density at radius 1 is 0.215 bits per heavy atom. The number of benzene rings is 18. The Kier molecular flexibility index (Phi) is 18.5. The SMILES string of the molecule is CC(C)(C)c1cc(-c2ccccc2N2c3ccc(-c4cccc5c4-c4ccccc4C5(c4ccccc4)c4ccccc4)cc3B3c4cc(-c5cccc6c5-c5ccccc5C6(c5ccccc5)c5ccccc5)ccc4N(c4ccccc4-c4cc(C(C)(C)C)cc(C(C)(C)C)c4)c4cc(-c5ccc6c(c5)c5ccccc5n6-c5ccccc5)cc2c43)cc(C(C)(C)C)c1. The molecule has 0 saturated heterocycles. The molecule has 0 fully saturated rings. The first-order valence-electron chi connectivity index (χ1n) is 46.4. The molecule has 1 aromatic heterocycles. The summed E-state index contributed by atoms with van der Waals surface area (Å²) in [6.45, 7) is 28.1. The van der Waals surface area contributed by atoms with Crippen LogP contribution in [0.5, 0.6) is 0 Å². The summed E-state index contributed by atoms with van der Waals surface area (Å²) in [5.74, 6) is 0. The maximum Gasteiger partial charge on any atom is 0.252 e. The number of aromatic nitrogens is 1. The molecule has 0 atom stereocenters. The van der Waals surface area contributed by atoms with Crippen LogP contribution in [-0.4, -0.2) is 11.3 Å². The van der Waals surface area contributed by atoms with Crippen molar-refractivity contribution in [3.63, 3.8) is 0 Å². The van der Waals surface area contributed by atoms with Gasteiger partial charge in [-0.1, -0.05) is 429 Å². The minimum Gasteiger partial charge on any atom is -0.311 e. The van der Waals surface area contributed by atoms with Crippen LogP contribution in [-0.2, 0) is 32.5 Å². The molecule has 626 valence electrons. The highest BCUT2D eigenvalue weighted by atomic mass is 15.2. The van der Waals surface area contributed by atoms with Gasteiger partial charge in [0.25, 0.3) is 6.71 Å². The molecule has 18 aromatic carbocycles. The summed E-state index contributed by atoms with van der Waals surface area (Å²) in [5.41, 5.74) is 43.9. The van der Waals surface area contributed by atoms with E-state index in [0.717, 1.165) is 78.7 Å². The van der Waals surface area contributed by atoms with Crippen LogP contribution in [0.3, 0.4) is 0 Å². The number of para-hydroxylation sites is 4. The summed E-state index contributed by atoms with van der Waals surface area (Å²) in [7, 11) is 0. The maximum absolute atomic E-state index is 2.71. The van der Waals surface area contributed by atoms with E-state index < -0.39 is 10.8 Å². The highest BCUT2D eigenvalue weighted by Gasteiger charge is 2.51. The lowest BCUT2D eigenvalue weighted by Crippen LogP contribution is -2.61. The molecule has 0 N–H and O–H groups in total. The smallest absolute Gasteiger partial charge is 0.252 e. The molecular formula is C126H104BN3. The monoisotopic (exact) mass is 1670 g/mol. The summed E-state index contributed by atoms with van der Waals surface area (Å²) in [6.07, 6.45) is 0. The predicted octanol–water partition coefficient (Wildman–Crippen LogP) is 31.1. The zero-order chi connectivity index (χ0) is 88.5. The van der Waals surface area contributed by atoms with E-state index in [1.807, 2.05) is 0 Å². The second-order valence-corrected chi connectivity index (χ2v) is 40.6. The standard InChI is InChI=1S/C126H104BN3/c1-121(2,3)91-70-85(71-92(79-91)122(4,5)6)96-50-30-35-61-110(96)129-114-68-65-82(98-55-38-59-106-118(98)101-53-28-33-57-104(101)125(106,87-40-18-13-19-41-87)88-42-20-14-21-43-88)75-108(114)127-109-76-83(99-56-39-60-107-119(99)102-54-29-34-58-105(102)126(107,89-44-22-15-23-45-89)90-46-24-16-25-47-90)66-69-115(109)130(111-62-36-31-51-97(111)86-72-93(123(7,8)9)80-94(73-86)124(10,11)12)117-78-84(77-116(129)120(117)127)81-64-67-113-103(74-81)100-52-32-37-63-112(100)128(113)95-48-26-17-27-49-95/h13-80H,1-12H3. The number of fused-ring (bicyclic) bond motifs is 13. The van der Waals surface area contributed by atoms with Crippen molar-refractivity contribution in [2.45, 2.75) is 116 Å². The summed E-state index contributed by atoms with van der Waals surface area (Å²) in [5, 5.41) is 2.40. The van der Waals surface area contributed by atoms with Gasteiger partial charge in [0.2, 0.25) is 0 Å². The van der Waals surface area contributed by atoms with Gasteiger partial charge in [0.1, 0.15) is 0 Å². The van der Waals surface area contributed by atoms with E-state index in [1.54, 1.807) is 0 Å². The van der Waals surface area contributed by atoms with Crippen LogP contribution in [0.15, 0.2) is 413 Å². The fourth-order valence-corrected chi connectivity index (χ4v) is 22.6. The van der Waals surface area contributed by atoms with Crippen LogP contribution in [0.1, 0.15) is 150 Å². The highest BCUT2D eigenvalue weighted by molar-refractivity contribution is 7.00. The second kappa shape index (κ2) is 30.0. The molecule has 19 aromatic rings. The highest BCUT2D eigenvalue weighted by Crippen LogP contribution is 2.62. The van der Waals surface area contributed by atoms with Crippen LogP contribution in [0.25, 0.3) is 105 Å². The molecule has 0 radical (unpaired) electrons. The van der Waals surface area contributed by atoms with Crippen LogP contribution < -0.4 is 26.2 Å². The van der Waals surface area contributed by atoms with Crippen molar-refractivity contribution in [1.82, 2.24) is 4.57 Å². The minimum absolute atomic E-state index is 0.154. The van der Waals surface area contributed by atoms with Gasteiger partial charge in [0.15, 0.2) is 0 Å². The zero-order valence-electron chi connectivity index (χ0n) is 76.2. The molecular weight excluding hydrogens is 1570 g/mol. The number of nitrogens with zero attached hydrogens (tertiary/aromatic N) is 3. The van der Waals surface area contributed by atoms with Crippen LogP contribution >= 0.6 is 0 Å². The van der Waals surface area contributed by atoms with Crippen molar-refractivity contribution in [3.8, 4) is 83.6 Å². The predicted molar refractivity (Wildman–Crippen MR) is 551 cm³/mol. The van der Waals surface area contributed by atoms with Gasteiger partial charge < -0.3 is 14.4 Å². The lowest BCUT2D eigenvalue weighted by atomic mass is 9.33. The van der Waals surface area contributed by atoms with E-state index in [0.29, 0.717) is 0 Å². The fourth-order valence-electron chi connectivity index (χ4n) is 22.6. The lowest BCUT2D eigenvalue weighted by Gasteiger charge is -2.45. The largest absolute Gasteiger partial charge is 0.311 e. The first-order chi connectivity index (χ1) is 63.0. The molecule has 130 heavy (non-hydrogen) atoms. The van der Waals surface area contributed by atoms with Gasteiger partial charge in [-0.2, -0.15) is 0 Å². The Morgan fingerprint density at radius 3 is 0.969 bits per heavy atom. The van der Waals surface area contributed by atoms with Gasteiger partial charge in [0, 0.05) is 50.3 Å². The Bertz CT molecular complexity index is 7240. The zero-order valence-corrected chi connectivity index (χ0v) is 76.2. The van der Waals surface area contributed by atoms with E-state index in [2.05, 4.69) is 510 Å². The van der Waals surface area contributed by atoms with Crippen LogP contribution in [0, 0.1) is 0 Å². The minimum atomic E-state index is -0.619. The van der Waals surface area contributed by atoms with E-state index in [1.165, 1.54) is 144 Å². The fraction of sp³-hybridized carbons (Fsp3) is 0.143. The number of hydrogen-bond donors (Lipinski definition) is 0. The molecule has 4 aliphatic rings. The summed E-state index contributed by atoms with van der Waals surface area (Å²) >= 11 is 0. The van der Waals surface area contributed by atoms with Gasteiger partial charge in [-0.05, 0) is 238 Å². The molecule has 3 nitrogen and oxygen atoms in total. The van der Waals surface area contributed by atoms with E-state index in [-0.39, 0.29) is 28.4 Å². The van der Waals surface area contributed by atoms with Gasteiger partial charge >= 0.3 is 0 Å².